The molecule has 0 unspecified atom stereocenters. The largest absolute Gasteiger partial charge is 0.480 e. The van der Waals surface area contributed by atoms with Gasteiger partial charge in [-0.25, -0.2) is 13.8 Å². The van der Waals surface area contributed by atoms with Gasteiger partial charge in [0.05, 0.1) is 7.11 Å². The Hall–Kier alpha value is -2.02. The van der Waals surface area contributed by atoms with Gasteiger partial charge in [0.1, 0.15) is 22.9 Å². The minimum Gasteiger partial charge on any atom is -0.480 e. The Morgan fingerprint density at radius 2 is 2.00 bits per heavy atom. The Morgan fingerprint density at radius 3 is 2.60 bits per heavy atom. The normalized spacial score (nSPS) is 10.2. The van der Waals surface area contributed by atoms with Gasteiger partial charge in [0.25, 0.3) is 5.91 Å². The van der Waals surface area contributed by atoms with Gasteiger partial charge >= 0.3 is 0 Å². The van der Waals surface area contributed by atoms with E-state index in [2.05, 4.69) is 26.2 Å². The lowest BCUT2D eigenvalue weighted by Gasteiger charge is -2.10. The lowest BCUT2D eigenvalue weighted by atomic mass is 10.2. The first-order valence-corrected chi connectivity index (χ1v) is 6.27. The number of methoxy groups -OCH3 is 1. The van der Waals surface area contributed by atoms with Crippen LogP contribution in [0, 0.1) is 11.6 Å². The fourth-order valence-corrected chi connectivity index (χ4v) is 1.99. The monoisotopic (exact) mass is 342 g/mol. The molecule has 1 aromatic carbocycles. The molecule has 0 saturated heterocycles. The van der Waals surface area contributed by atoms with Crippen LogP contribution in [0.3, 0.4) is 0 Å². The van der Waals surface area contributed by atoms with Gasteiger partial charge in [0.15, 0.2) is 0 Å². The fraction of sp³-hybridized carbons (Fsp3) is 0.0769. The summed E-state index contributed by atoms with van der Waals surface area (Å²) in [5.41, 5.74) is -0.444. The summed E-state index contributed by atoms with van der Waals surface area (Å²) in [6, 6.07) is 5.10. The number of ether oxygens (including phenoxy) is 1. The van der Waals surface area contributed by atoms with Gasteiger partial charge < -0.3 is 10.1 Å². The smallest absolute Gasteiger partial charge is 0.261 e. The van der Waals surface area contributed by atoms with E-state index < -0.39 is 23.1 Å². The van der Waals surface area contributed by atoms with Crippen molar-refractivity contribution in [1.29, 1.82) is 0 Å². The molecule has 0 aliphatic rings. The van der Waals surface area contributed by atoms with E-state index in [1.165, 1.54) is 19.4 Å². The third-order valence-corrected chi connectivity index (χ3v) is 2.90. The summed E-state index contributed by atoms with van der Waals surface area (Å²) >= 11 is 2.94. The van der Waals surface area contributed by atoms with Crippen LogP contribution in [0.25, 0.3) is 0 Å². The third kappa shape index (κ3) is 2.93. The van der Waals surface area contributed by atoms with Crippen LogP contribution in [0.4, 0.5) is 14.5 Å². The Labute approximate surface area is 121 Å². The van der Waals surface area contributed by atoms with Crippen molar-refractivity contribution in [3.05, 3.63) is 52.1 Å². The molecular formula is C13H9BrF2N2O2. The van der Waals surface area contributed by atoms with Crippen LogP contribution in [-0.4, -0.2) is 18.0 Å². The summed E-state index contributed by atoms with van der Waals surface area (Å²) in [7, 11) is 1.37. The summed E-state index contributed by atoms with van der Waals surface area (Å²) < 4.78 is 32.5. The first kappa shape index (κ1) is 14.4. The van der Waals surface area contributed by atoms with Crippen molar-refractivity contribution in [2.75, 3.05) is 12.4 Å². The lowest BCUT2D eigenvalue weighted by molar-refractivity contribution is 0.101. The molecule has 7 heteroatoms. The van der Waals surface area contributed by atoms with Gasteiger partial charge in [-0.1, -0.05) is 15.9 Å². The van der Waals surface area contributed by atoms with Crippen LogP contribution in [-0.2, 0) is 0 Å². The van der Waals surface area contributed by atoms with Gasteiger partial charge in [0.2, 0.25) is 5.88 Å². The second-order valence-corrected chi connectivity index (χ2v) is 4.67. The van der Waals surface area contributed by atoms with E-state index in [4.69, 9.17) is 4.74 Å². The number of nitrogens with zero attached hydrogens (tertiary/aromatic N) is 1. The standard InChI is InChI=1S/C13H9BrF2N2O2/c1-20-13-10(3-2-4-17-13)18-12(19)11-8(15)5-7(14)6-9(11)16/h2-6H,1H3,(H,18,19). The molecule has 0 bridgehead atoms. The minimum absolute atomic E-state index is 0.152. The van der Waals surface area contributed by atoms with Crippen molar-refractivity contribution in [3.8, 4) is 5.88 Å². The molecule has 0 saturated carbocycles. The first-order valence-electron chi connectivity index (χ1n) is 5.48. The van der Waals surface area contributed by atoms with E-state index in [1.54, 1.807) is 6.07 Å². The second-order valence-electron chi connectivity index (χ2n) is 3.76. The topological polar surface area (TPSA) is 51.2 Å². The highest BCUT2D eigenvalue weighted by atomic mass is 79.9. The predicted octanol–water partition coefficient (Wildman–Crippen LogP) is 3.38. The van der Waals surface area contributed by atoms with Crippen LogP contribution in [0.2, 0.25) is 0 Å². The summed E-state index contributed by atoms with van der Waals surface area (Å²) in [5.74, 6) is -2.69. The molecule has 0 atom stereocenters. The van der Waals surface area contributed by atoms with E-state index in [0.29, 0.717) is 0 Å². The molecule has 2 rings (SSSR count). The van der Waals surface area contributed by atoms with E-state index in [0.717, 1.165) is 12.1 Å². The second kappa shape index (κ2) is 5.96. The molecule has 0 aliphatic heterocycles. The van der Waals surface area contributed by atoms with Crippen molar-refractivity contribution in [2.24, 2.45) is 0 Å². The van der Waals surface area contributed by atoms with Gasteiger partial charge in [-0.05, 0) is 24.3 Å². The Balaban J connectivity index is 2.34. The fourth-order valence-electron chi connectivity index (χ4n) is 1.59. The number of carbonyl (C=O) groups is 1. The zero-order valence-electron chi connectivity index (χ0n) is 10.3. The maximum absolute atomic E-state index is 13.7. The van der Waals surface area contributed by atoms with E-state index in [-0.39, 0.29) is 16.0 Å². The highest BCUT2D eigenvalue weighted by Gasteiger charge is 2.19. The number of rotatable bonds is 3. The number of nitrogens with one attached hydrogen (secondary N) is 1. The van der Waals surface area contributed by atoms with Crippen LogP contribution in [0.15, 0.2) is 34.9 Å². The van der Waals surface area contributed by atoms with Crippen molar-refractivity contribution in [3.63, 3.8) is 0 Å². The molecule has 0 spiro atoms. The molecule has 104 valence electrons. The number of halogens is 3. The quantitative estimate of drug-likeness (QED) is 0.930. The molecule has 0 fully saturated rings. The summed E-state index contributed by atoms with van der Waals surface area (Å²) in [6.07, 6.45) is 1.47. The molecule has 1 aromatic heterocycles. The molecule has 1 N–H and O–H groups in total. The first-order chi connectivity index (χ1) is 9.52. The Kier molecular flexibility index (Phi) is 4.29. The number of hydrogen-bond acceptors (Lipinski definition) is 3. The van der Waals surface area contributed by atoms with Crippen molar-refractivity contribution < 1.29 is 18.3 Å². The van der Waals surface area contributed by atoms with Crippen LogP contribution >= 0.6 is 15.9 Å². The molecule has 20 heavy (non-hydrogen) atoms. The average molecular weight is 343 g/mol. The van der Waals surface area contributed by atoms with Gasteiger partial charge in [-0.15, -0.1) is 0 Å². The predicted molar refractivity (Wildman–Crippen MR) is 72.8 cm³/mol. The van der Waals surface area contributed by atoms with Crippen molar-refractivity contribution >= 4 is 27.5 Å². The zero-order chi connectivity index (χ0) is 14.7. The third-order valence-electron chi connectivity index (χ3n) is 2.45. The highest BCUT2D eigenvalue weighted by molar-refractivity contribution is 9.10. The maximum atomic E-state index is 13.7. The van der Waals surface area contributed by atoms with E-state index in [9.17, 15) is 13.6 Å². The van der Waals surface area contributed by atoms with Crippen LogP contribution in [0.5, 0.6) is 5.88 Å². The number of pyridine rings is 1. The minimum atomic E-state index is -0.961. The SMILES string of the molecule is COc1ncccc1NC(=O)c1c(F)cc(Br)cc1F. The van der Waals surface area contributed by atoms with Gasteiger partial charge in [-0.3, -0.25) is 4.79 Å². The number of amides is 1. The van der Waals surface area contributed by atoms with Gasteiger partial charge in [0, 0.05) is 10.7 Å². The van der Waals surface area contributed by atoms with Gasteiger partial charge in [-0.2, -0.15) is 0 Å². The Bertz CT molecular complexity index is 642. The summed E-state index contributed by atoms with van der Waals surface area (Å²) in [4.78, 5) is 15.8. The zero-order valence-corrected chi connectivity index (χ0v) is 11.9. The molecule has 1 amide bonds. The lowest BCUT2D eigenvalue weighted by Crippen LogP contribution is -2.16. The van der Waals surface area contributed by atoms with Crippen LogP contribution < -0.4 is 10.1 Å². The number of hydrogen-bond donors (Lipinski definition) is 1. The molecule has 1 heterocycles. The maximum Gasteiger partial charge on any atom is 0.261 e. The van der Waals surface area contributed by atoms with Crippen molar-refractivity contribution in [1.82, 2.24) is 4.98 Å². The molecular weight excluding hydrogens is 334 g/mol. The van der Waals surface area contributed by atoms with Crippen LogP contribution in [0.1, 0.15) is 10.4 Å². The summed E-state index contributed by atoms with van der Waals surface area (Å²) in [6.45, 7) is 0. The number of anilines is 1. The molecule has 4 nitrogen and oxygen atoms in total. The molecule has 0 radical (unpaired) electrons. The molecule has 0 aliphatic carbocycles. The van der Waals surface area contributed by atoms with E-state index in [1.807, 2.05) is 0 Å². The van der Waals surface area contributed by atoms with E-state index >= 15 is 0 Å². The number of carbonyl (C=O) groups excluding carboxylic acids is 1. The number of benzene rings is 1. The summed E-state index contributed by atoms with van der Waals surface area (Å²) in [5, 5.41) is 2.36. The number of aromatic nitrogens is 1. The average Bonchev–Trinajstić information content (AvgIpc) is 2.38. The molecule has 2 aromatic rings. The van der Waals surface area contributed by atoms with Crippen molar-refractivity contribution in [2.45, 2.75) is 0 Å². The Morgan fingerprint density at radius 1 is 1.35 bits per heavy atom. The highest BCUT2D eigenvalue weighted by Crippen LogP contribution is 2.23.